The third-order valence-electron chi connectivity index (χ3n) is 4.78. The molecular weight excluding hydrogens is 334 g/mol. The van der Waals surface area contributed by atoms with Crippen LogP contribution in [0.3, 0.4) is 0 Å². The molecule has 0 fully saturated rings. The summed E-state index contributed by atoms with van der Waals surface area (Å²) in [6.07, 6.45) is 3.42. The second-order valence-corrected chi connectivity index (χ2v) is 6.40. The number of aromatic nitrogens is 7. The maximum absolute atomic E-state index is 12.3. The molecule has 130 valence electrons. The normalized spacial score (nSPS) is 16.7. The Morgan fingerprint density at radius 2 is 2.00 bits per heavy atom. The third kappa shape index (κ3) is 2.24. The molecule has 4 aromatic rings. The summed E-state index contributed by atoms with van der Waals surface area (Å²) in [6.45, 7) is 0.714. The van der Waals surface area contributed by atoms with Crippen LogP contribution in [0.5, 0.6) is 0 Å². The monoisotopic (exact) mass is 349 g/mol. The summed E-state index contributed by atoms with van der Waals surface area (Å²) in [5.41, 5.74) is 0.360. The van der Waals surface area contributed by atoms with Crippen LogP contribution < -0.4 is 5.56 Å². The van der Waals surface area contributed by atoms with E-state index in [9.17, 15) is 4.79 Å². The quantitative estimate of drug-likeness (QED) is 0.537. The smallest absolute Gasteiger partial charge is 0.274 e. The number of aryl methyl sites for hydroxylation is 2. The fourth-order valence-corrected chi connectivity index (χ4v) is 3.41. The highest BCUT2D eigenvalue weighted by Gasteiger charge is 2.26. The Balaban J connectivity index is 1.57. The van der Waals surface area contributed by atoms with E-state index in [-0.39, 0.29) is 11.5 Å². The lowest BCUT2D eigenvalue weighted by atomic mass is 9.99. The van der Waals surface area contributed by atoms with Gasteiger partial charge in [0.05, 0.1) is 11.3 Å². The lowest BCUT2D eigenvalue weighted by Gasteiger charge is -2.19. The van der Waals surface area contributed by atoms with Gasteiger partial charge in [-0.3, -0.25) is 4.79 Å². The first-order chi connectivity index (χ1) is 12.7. The van der Waals surface area contributed by atoms with E-state index in [1.807, 2.05) is 22.8 Å². The molecule has 0 saturated carbocycles. The third-order valence-corrected chi connectivity index (χ3v) is 4.78. The first-order valence-corrected chi connectivity index (χ1v) is 8.37. The fraction of sp³-hybridized carbons (Fsp3) is 0.294. The lowest BCUT2D eigenvalue weighted by Crippen LogP contribution is -2.20. The molecule has 26 heavy (non-hydrogen) atoms. The zero-order chi connectivity index (χ0) is 17.7. The van der Waals surface area contributed by atoms with Crippen LogP contribution in [0.15, 0.2) is 39.8 Å². The molecule has 9 nitrogen and oxygen atoms in total. The van der Waals surface area contributed by atoms with Gasteiger partial charge in [-0.15, -0.1) is 20.4 Å². The summed E-state index contributed by atoms with van der Waals surface area (Å²) >= 11 is 0. The molecule has 4 heterocycles. The average Bonchev–Trinajstić information content (AvgIpc) is 3.33. The second kappa shape index (κ2) is 5.58. The molecule has 0 N–H and O–H groups in total. The van der Waals surface area contributed by atoms with Gasteiger partial charge < -0.3 is 8.98 Å². The van der Waals surface area contributed by atoms with Crippen LogP contribution in [0.1, 0.15) is 24.1 Å². The molecule has 1 aliphatic rings. The maximum Gasteiger partial charge on any atom is 0.274 e. The Labute approximate surface area is 147 Å². The van der Waals surface area contributed by atoms with Crippen molar-refractivity contribution in [2.75, 3.05) is 0 Å². The molecule has 0 radical (unpaired) electrons. The first kappa shape index (κ1) is 14.9. The van der Waals surface area contributed by atoms with Gasteiger partial charge in [0.2, 0.25) is 5.89 Å². The molecule has 0 bridgehead atoms. The van der Waals surface area contributed by atoms with Crippen molar-refractivity contribution in [3.8, 4) is 11.6 Å². The van der Waals surface area contributed by atoms with Crippen molar-refractivity contribution in [3.63, 3.8) is 0 Å². The van der Waals surface area contributed by atoms with Crippen molar-refractivity contribution in [2.24, 2.45) is 7.05 Å². The highest BCUT2D eigenvalue weighted by molar-refractivity contribution is 5.91. The minimum atomic E-state index is -0.156. The largest absolute Gasteiger partial charge is 0.419 e. The summed E-state index contributed by atoms with van der Waals surface area (Å²) in [4.78, 5) is 12.3. The fourth-order valence-electron chi connectivity index (χ4n) is 3.41. The number of benzene rings is 1. The van der Waals surface area contributed by atoms with E-state index in [1.165, 1.54) is 4.68 Å². The summed E-state index contributed by atoms with van der Waals surface area (Å²) in [5, 5.41) is 22.1. The second-order valence-electron chi connectivity index (χ2n) is 6.40. The number of nitrogens with zero attached hydrogens (tertiary/aromatic N) is 7. The summed E-state index contributed by atoms with van der Waals surface area (Å²) in [7, 11) is 1.62. The van der Waals surface area contributed by atoms with Crippen LogP contribution in [0.4, 0.5) is 0 Å². The van der Waals surface area contributed by atoms with Gasteiger partial charge in [-0.2, -0.15) is 5.10 Å². The summed E-state index contributed by atoms with van der Waals surface area (Å²) < 4.78 is 9.26. The van der Waals surface area contributed by atoms with Gasteiger partial charge in [-0.25, -0.2) is 4.68 Å². The van der Waals surface area contributed by atoms with E-state index in [4.69, 9.17) is 4.42 Å². The number of rotatable bonds is 2. The van der Waals surface area contributed by atoms with Gasteiger partial charge in [-0.1, -0.05) is 18.2 Å². The van der Waals surface area contributed by atoms with Crippen LogP contribution in [0.25, 0.3) is 22.4 Å². The number of fused-ring (bicyclic) bond motifs is 2. The Kier molecular flexibility index (Phi) is 3.21. The molecule has 9 heteroatoms. The average molecular weight is 349 g/mol. The molecule has 0 amide bonds. The maximum atomic E-state index is 12.3. The van der Waals surface area contributed by atoms with E-state index in [0.29, 0.717) is 34.8 Å². The summed E-state index contributed by atoms with van der Waals surface area (Å²) in [5.74, 6) is 1.98. The van der Waals surface area contributed by atoms with Crippen LogP contribution in [-0.2, 0) is 20.0 Å². The highest BCUT2D eigenvalue weighted by Crippen LogP contribution is 2.30. The predicted octanol–water partition coefficient (Wildman–Crippen LogP) is 1.30. The van der Waals surface area contributed by atoms with Gasteiger partial charge >= 0.3 is 0 Å². The van der Waals surface area contributed by atoms with E-state index >= 15 is 0 Å². The van der Waals surface area contributed by atoms with Crippen molar-refractivity contribution in [1.29, 1.82) is 0 Å². The SMILES string of the molecule is Cn1nc(-c2nnc([C@@H]3CCc4nncn4C3)o2)c2ccccc2c1=O. The van der Waals surface area contributed by atoms with Gasteiger partial charge in [0.25, 0.3) is 11.4 Å². The van der Waals surface area contributed by atoms with Gasteiger partial charge in [-0.05, 0) is 12.5 Å². The highest BCUT2D eigenvalue weighted by atomic mass is 16.4. The zero-order valence-electron chi connectivity index (χ0n) is 14.0. The van der Waals surface area contributed by atoms with E-state index in [0.717, 1.165) is 18.7 Å². The van der Waals surface area contributed by atoms with Crippen molar-refractivity contribution in [2.45, 2.75) is 25.3 Å². The standard InChI is InChI=1S/C17H15N7O2/c1-23-17(25)12-5-3-2-4-11(12)14(22-23)16-21-20-15(26-16)10-6-7-13-19-18-9-24(13)8-10/h2-5,9-10H,6-8H2,1H3/t10-/m1/s1. The Morgan fingerprint density at radius 1 is 1.15 bits per heavy atom. The van der Waals surface area contributed by atoms with Crippen molar-refractivity contribution < 1.29 is 4.42 Å². The Morgan fingerprint density at radius 3 is 2.88 bits per heavy atom. The van der Waals surface area contributed by atoms with Gasteiger partial charge in [0, 0.05) is 25.4 Å². The zero-order valence-corrected chi connectivity index (χ0v) is 14.0. The molecule has 0 spiro atoms. The minimum absolute atomic E-state index is 0.110. The Hall–Kier alpha value is -3.36. The van der Waals surface area contributed by atoms with Gasteiger partial charge in [0.1, 0.15) is 12.2 Å². The predicted molar refractivity (Wildman–Crippen MR) is 91.4 cm³/mol. The van der Waals surface area contributed by atoms with E-state index in [2.05, 4.69) is 25.5 Å². The van der Waals surface area contributed by atoms with Crippen molar-refractivity contribution >= 4 is 10.8 Å². The topological polar surface area (TPSA) is 105 Å². The molecule has 3 aromatic heterocycles. The molecule has 1 atom stereocenters. The van der Waals surface area contributed by atoms with Crippen LogP contribution in [0, 0.1) is 0 Å². The number of hydrogen-bond donors (Lipinski definition) is 0. The molecule has 0 unspecified atom stereocenters. The van der Waals surface area contributed by atoms with Gasteiger partial charge in [0.15, 0.2) is 5.69 Å². The molecule has 0 aliphatic carbocycles. The lowest BCUT2D eigenvalue weighted by molar-refractivity contribution is 0.372. The molecule has 1 aromatic carbocycles. The minimum Gasteiger partial charge on any atom is -0.419 e. The van der Waals surface area contributed by atoms with Crippen molar-refractivity contribution in [1.82, 2.24) is 34.7 Å². The van der Waals surface area contributed by atoms with Crippen molar-refractivity contribution in [3.05, 3.63) is 52.7 Å². The Bertz CT molecular complexity index is 1170. The summed E-state index contributed by atoms with van der Waals surface area (Å²) in [6, 6.07) is 7.30. The van der Waals surface area contributed by atoms with E-state index in [1.54, 1.807) is 19.4 Å². The van der Waals surface area contributed by atoms with Crippen LogP contribution in [-0.4, -0.2) is 34.7 Å². The number of hydrogen-bond acceptors (Lipinski definition) is 7. The molecule has 5 rings (SSSR count). The van der Waals surface area contributed by atoms with Crippen LogP contribution in [0.2, 0.25) is 0 Å². The molecular formula is C17H15N7O2. The van der Waals surface area contributed by atoms with Crippen LogP contribution >= 0.6 is 0 Å². The molecule has 0 saturated heterocycles. The van der Waals surface area contributed by atoms with E-state index < -0.39 is 0 Å². The molecule has 1 aliphatic heterocycles. The first-order valence-electron chi connectivity index (χ1n) is 8.37.